The predicted molar refractivity (Wildman–Crippen MR) is 97.4 cm³/mol. The molecule has 3 rings (SSSR count). The Labute approximate surface area is 158 Å². The zero-order valence-electron chi connectivity index (χ0n) is 13.8. The number of furan rings is 1. The largest absolute Gasteiger partial charge is 0.463 e. The molecule has 0 saturated heterocycles. The zero-order valence-corrected chi connectivity index (χ0v) is 15.4. The normalized spacial score (nSPS) is 13.5. The number of carbonyl (C=O) groups excluding carboxylic acids is 3. The third-order valence-electron chi connectivity index (χ3n) is 3.88. The van der Waals surface area contributed by atoms with Gasteiger partial charge in [-0.1, -0.05) is 12.1 Å². The van der Waals surface area contributed by atoms with E-state index in [4.69, 9.17) is 9.15 Å². The molecule has 6 nitrogen and oxygen atoms in total. The summed E-state index contributed by atoms with van der Waals surface area (Å²) in [6, 6.07) is 10.2. The molecule has 2 aromatic rings. The molecule has 0 unspecified atom stereocenters. The smallest absolute Gasteiger partial charge is 0.330 e. The van der Waals surface area contributed by atoms with Crippen LogP contribution < -0.4 is 0 Å². The lowest BCUT2D eigenvalue weighted by atomic mass is 10.1. The van der Waals surface area contributed by atoms with Gasteiger partial charge in [-0.25, -0.2) is 4.79 Å². The minimum Gasteiger partial charge on any atom is -0.463 e. The molecule has 26 heavy (non-hydrogen) atoms. The van der Waals surface area contributed by atoms with Crippen LogP contribution in [0.2, 0.25) is 0 Å². The van der Waals surface area contributed by atoms with Crippen molar-refractivity contribution in [3.05, 3.63) is 64.0 Å². The van der Waals surface area contributed by atoms with E-state index in [1.54, 1.807) is 36.4 Å². The Bertz CT molecular complexity index is 835. The number of hydrogen-bond donors (Lipinski definition) is 0. The maximum Gasteiger partial charge on any atom is 0.330 e. The van der Waals surface area contributed by atoms with Crippen LogP contribution in [0.15, 0.2) is 51.6 Å². The van der Waals surface area contributed by atoms with Gasteiger partial charge in [0, 0.05) is 12.6 Å². The first kappa shape index (κ1) is 18.1. The lowest BCUT2D eigenvalue weighted by Gasteiger charge is -2.13. The van der Waals surface area contributed by atoms with Crippen LogP contribution in [-0.2, 0) is 9.53 Å². The van der Waals surface area contributed by atoms with Gasteiger partial charge in [-0.3, -0.25) is 14.5 Å². The van der Waals surface area contributed by atoms with Crippen LogP contribution in [0, 0.1) is 0 Å². The van der Waals surface area contributed by atoms with Crippen molar-refractivity contribution in [1.29, 1.82) is 0 Å². The molecule has 7 heteroatoms. The molecule has 0 fully saturated rings. The first-order valence-corrected chi connectivity index (χ1v) is 8.91. The fraction of sp³-hybridized carbons (Fsp3) is 0.211. The van der Waals surface area contributed by atoms with Crippen molar-refractivity contribution in [1.82, 2.24) is 4.90 Å². The quantitative estimate of drug-likeness (QED) is 0.297. The molecule has 134 valence electrons. The lowest BCUT2D eigenvalue weighted by Crippen LogP contribution is -2.30. The van der Waals surface area contributed by atoms with Crippen LogP contribution >= 0.6 is 15.9 Å². The Balaban J connectivity index is 1.38. The molecule has 1 aromatic heterocycles. The van der Waals surface area contributed by atoms with Gasteiger partial charge >= 0.3 is 5.97 Å². The van der Waals surface area contributed by atoms with Gasteiger partial charge in [0.1, 0.15) is 5.76 Å². The van der Waals surface area contributed by atoms with Crippen LogP contribution in [-0.4, -0.2) is 35.8 Å². The van der Waals surface area contributed by atoms with Crippen LogP contribution in [0.3, 0.4) is 0 Å². The second-order valence-corrected chi connectivity index (χ2v) is 6.44. The summed E-state index contributed by atoms with van der Waals surface area (Å²) in [7, 11) is 0. The van der Waals surface area contributed by atoms with E-state index in [1.807, 2.05) is 0 Å². The van der Waals surface area contributed by atoms with Crippen LogP contribution in [0.1, 0.15) is 39.3 Å². The SMILES string of the molecule is O=C(/C=C/c1ccc(Br)o1)OCCCCN1C(=O)c2ccccc2C1=O. The molecule has 0 bridgehead atoms. The van der Waals surface area contributed by atoms with Gasteiger partial charge < -0.3 is 9.15 Å². The summed E-state index contributed by atoms with van der Waals surface area (Å²) >= 11 is 3.18. The molecule has 2 heterocycles. The van der Waals surface area contributed by atoms with E-state index < -0.39 is 5.97 Å². The standard InChI is InChI=1S/C19H16BrNO5/c20-16-9-7-13(26-16)8-10-17(22)25-12-4-3-11-21-18(23)14-5-1-2-6-15(14)19(21)24/h1-2,5-10H,3-4,11-12H2/b10-8+. The molecule has 2 amide bonds. The molecule has 0 spiro atoms. The maximum absolute atomic E-state index is 12.2. The highest BCUT2D eigenvalue weighted by Gasteiger charge is 2.34. The molecule has 1 aliphatic rings. The van der Waals surface area contributed by atoms with Crippen molar-refractivity contribution in [2.75, 3.05) is 13.2 Å². The van der Waals surface area contributed by atoms with Crippen LogP contribution in [0.25, 0.3) is 6.08 Å². The van der Waals surface area contributed by atoms with Gasteiger partial charge in [0.25, 0.3) is 11.8 Å². The van der Waals surface area contributed by atoms with Crippen molar-refractivity contribution in [3.8, 4) is 0 Å². The molecule has 0 aliphatic carbocycles. The van der Waals surface area contributed by atoms with E-state index in [-0.39, 0.29) is 18.4 Å². The summed E-state index contributed by atoms with van der Waals surface area (Å²) in [6.45, 7) is 0.522. The Hall–Kier alpha value is -2.67. The van der Waals surface area contributed by atoms with E-state index in [0.717, 1.165) is 0 Å². The number of unbranched alkanes of at least 4 members (excludes halogenated alkanes) is 1. The number of halogens is 1. The fourth-order valence-electron chi connectivity index (χ4n) is 2.60. The number of ether oxygens (including phenoxy) is 1. The number of nitrogens with zero attached hydrogens (tertiary/aromatic N) is 1. The van der Waals surface area contributed by atoms with E-state index in [1.165, 1.54) is 17.1 Å². The first-order valence-electron chi connectivity index (χ1n) is 8.11. The number of amides is 2. The van der Waals surface area contributed by atoms with E-state index in [2.05, 4.69) is 15.9 Å². The number of hydrogen-bond acceptors (Lipinski definition) is 5. The van der Waals surface area contributed by atoms with Crippen LogP contribution in [0.4, 0.5) is 0 Å². The highest BCUT2D eigenvalue weighted by molar-refractivity contribution is 9.10. The summed E-state index contributed by atoms with van der Waals surface area (Å²) in [6.07, 6.45) is 3.92. The summed E-state index contributed by atoms with van der Waals surface area (Å²) in [5.41, 5.74) is 0.886. The fourth-order valence-corrected chi connectivity index (χ4v) is 2.92. The second kappa shape index (κ2) is 8.14. The predicted octanol–water partition coefficient (Wildman–Crippen LogP) is 3.67. The molecular formula is C19H16BrNO5. The average Bonchev–Trinajstić information content (AvgIpc) is 3.16. The monoisotopic (exact) mass is 417 g/mol. The third kappa shape index (κ3) is 4.11. The number of esters is 1. The summed E-state index contributed by atoms with van der Waals surface area (Å²) < 4.78 is 10.9. The van der Waals surface area contributed by atoms with Crippen molar-refractivity contribution in [2.45, 2.75) is 12.8 Å². The second-order valence-electron chi connectivity index (χ2n) is 5.66. The topological polar surface area (TPSA) is 76.8 Å². The van der Waals surface area contributed by atoms with Gasteiger partial charge in [-0.15, -0.1) is 0 Å². The Morgan fingerprint density at radius 3 is 2.38 bits per heavy atom. The van der Waals surface area contributed by atoms with Crippen molar-refractivity contribution < 1.29 is 23.5 Å². The summed E-state index contributed by atoms with van der Waals surface area (Å²) in [5.74, 6) is -0.469. The van der Waals surface area contributed by atoms with Gasteiger partial charge in [0.05, 0.1) is 17.7 Å². The minimum atomic E-state index is -0.474. The number of imide groups is 1. The summed E-state index contributed by atoms with van der Waals surface area (Å²) in [5, 5.41) is 0. The minimum absolute atomic E-state index is 0.216. The molecule has 0 atom stereocenters. The Kier molecular flexibility index (Phi) is 5.68. The van der Waals surface area contributed by atoms with E-state index >= 15 is 0 Å². The molecule has 0 radical (unpaired) electrons. The van der Waals surface area contributed by atoms with Gasteiger partial charge in [-0.05, 0) is 59.1 Å². The van der Waals surface area contributed by atoms with E-state index in [0.29, 0.717) is 40.9 Å². The van der Waals surface area contributed by atoms with Crippen LogP contribution in [0.5, 0.6) is 0 Å². The van der Waals surface area contributed by atoms with Gasteiger partial charge in [-0.2, -0.15) is 0 Å². The van der Waals surface area contributed by atoms with Crippen molar-refractivity contribution >= 4 is 39.8 Å². The number of carbonyl (C=O) groups is 3. The molecule has 1 aliphatic heterocycles. The number of benzene rings is 1. The summed E-state index contributed by atoms with van der Waals surface area (Å²) in [4.78, 5) is 37.2. The highest BCUT2D eigenvalue weighted by atomic mass is 79.9. The maximum atomic E-state index is 12.2. The third-order valence-corrected chi connectivity index (χ3v) is 4.30. The highest BCUT2D eigenvalue weighted by Crippen LogP contribution is 2.22. The Morgan fingerprint density at radius 1 is 1.08 bits per heavy atom. The lowest BCUT2D eigenvalue weighted by molar-refractivity contribution is -0.137. The van der Waals surface area contributed by atoms with Gasteiger partial charge in [0.2, 0.25) is 0 Å². The average molecular weight is 418 g/mol. The van der Waals surface area contributed by atoms with Gasteiger partial charge in [0.15, 0.2) is 4.67 Å². The molecule has 1 aromatic carbocycles. The van der Waals surface area contributed by atoms with Crippen molar-refractivity contribution in [3.63, 3.8) is 0 Å². The van der Waals surface area contributed by atoms with Crippen molar-refractivity contribution in [2.24, 2.45) is 0 Å². The number of rotatable bonds is 7. The molecule has 0 N–H and O–H groups in total. The number of fused-ring (bicyclic) bond motifs is 1. The van der Waals surface area contributed by atoms with E-state index in [9.17, 15) is 14.4 Å². The first-order chi connectivity index (χ1) is 12.6. The Morgan fingerprint density at radius 2 is 1.77 bits per heavy atom. The zero-order chi connectivity index (χ0) is 18.5. The molecular weight excluding hydrogens is 402 g/mol. The molecule has 0 saturated carbocycles.